The molecule has 0 radical (unpaired) electrons. The Morgan fingerprint density at radius 1 is 0.909 bits per heavy atom. The number of hydrogen-bond acceptors (Lipinski definition) is 8. The van der Waals surface area contributed by atoms with Crippen LogP contribution in [0.1, 0.15) is 26.3 Å². The van der Waals surface area contributed by atoms with Crippen molar-refractivity contribution in [1.29, 1.82) is 0 Å². The molecule has 230 valence electrons. The number of hydrogen-bond donors (Lipinski definition) is 2. The highest BCUT2D eigenvalue weighted by atomic mass is 127. The Balaban J connectivity index is 1.62. The number of benzene rings is 3. The number of anilines is 2. The fourth-order valence-corrected chi connectivity index (χ4v) is 4.97. The predicted molar refractivity (Wildman–Crippen MR) is 169 cm³/mol. The molecule has 1 fully saturated rings. The van der Waals surface area contributed by atoms with Crippen LogP contribution in [0.15, 0.2) is 60.2 Å². The summed E-state index contributed by atoms with van der Waals surface area (Å²) in [5, 5.41) is 4.83. The van der Waals surface area contributed by atoms with Gasteiger partial charge in [-0.15, -0.1) is 0 Å². The maximum Gasteiger partial charge on any atom is 0.336 e. The molecule has 1 saturated heterocycles. The van der Waals surface area contributed by atoms with E-state index in [-0.39, 0.29) is 48.3 Å². The number of rotatable bonds is 12. The smallest absolute Gasteiger partial charge is 0.336 e. The molecule has 3 aromatic rings. The average molecular weight is 717 g/mol. The zero-order valence-electron chi connectivity index (χ0n) is 24.1. The Kier molecular flexibility index (Phi) is 10.8. The van der Waals surface area contributed by atoms with E-state index >= 15 is 0 Å². The lowest BCUT2D eigenvalue weighted by molar-refractivity contribution is -0.122. The molecule has 0 aliphatic carbocycles. The van der Waals surface area contributed by atoms with Gasteiger partial charge in [0.15, 0.2) is 18.1 Å². The number of carbonyl (C=O) groups is 4. The molecule has 0 saturated carbocycles. The van der Waals surface area contributed by atoms with E-state index < -0.39 is 29.6 Å². The van der Waals surface area contributed by atoms with E-state index in [2.05, 4.69) is 10.6 Å². The van der Waals surface area contributed by atoms with E-state index in [0.717, 1.165) is 4.90 Å². The Hall–Kier alpha value is -4.66. The molecule has 0 spiro atoms. The van der Waals surface area contributed by atoms with Gasteiger partial charge in [-0.05, 0) is 104 Å². The molecule has 0 bridgehead atoms. The number of amides is 5. The number of ether oxygens (including phenoxy) is 4. The summed E-state index contributed by atoms with van der Waals surface area (Å²) < 4.78 is 36.4. The fourth-order valence-electron chi connectivity index (χ4n) is 4.19. The van der Waals surface area contributed by atoms with Gasteiger partial charge in [-0.3, -0.25) is 19.7 Å². The standard InChI is InChI=1S/C31H29FIN3O8/c1-4-41-21-11-12-25(42-5-2)24(16-21)36-30(39)22(29(38)35-31(36)40)13-18-14-23(33)28(26(15-18)43-6-3)44-17-27(37)34-20-9-7-19(32)8-10-20/h7-16H,4-6,17H2,1-3H3,(H,34,37)(H,35,38,40)/b22-13+. The van der Waals surface area contributed by atoms with Crippen molar-refractivity contribution in [3.05, 3.63) is 75.1 Å². The first-order valence-corrected chi connectivity index (χ1v) is 14.7. The third kappa shape index (κ3) is 7.64. The highest BCUT2D eigenvalue weighted by Gasteiger charge is 2.38. The lowest BCUT2D eigenvalue weighted by Gasteiger charge is -2.28. The van der Waals surface area contributed by atoms with Gasteiger partial charge in [0.1, 0.15) is 22.9 Å². The molecule has 3 aromatic carbocycles. The lowest BCUT2D eigenvalue weighted by atomic mass is 10.1. The molecule has 0 atom stereocenters. The van der Waals surface area contributed by atoms with E-state index in [4.69, 9.17) is 18.9 Å². The second-order valence-electron chi connectivity index (χ2n) is 9.06. The van der Waals surface area contributed by atoms with Gasteiger partial charge in [0, 0.05) is 11.8 Å². The van der Waals surface area contributed by atoms with Crippen molar-refractivity contribution in [1.82, 2.24) is 5.32 Å². The summed E-state index contributed by atoms with van der Waals surface area (Å²) in [5.74, 6) is -1.44. The first-order valence-electron chi connectivity index (χ1n) is 13.6. The van der Waals surface area contributed by atoms with Crippen LogP contribution in [-0.2, 0) is 14.4 Å². The van der Waals surface area contributed by atoms with Crippen molar-refractivity contribution >= 4 is 63.8 Å². The summed E-state index contributed by atoms with van der Waals surface area (Å²) in [4.78, 5) is 52.7. The third-order valence-electron chi connectivity index (χ3n) is 6.00. The van der Waals surface area contributed by atoms with Crippen LogP contribution < -0.4 is 34.5 Å². The van der Waals surface area contributed by atoms with E-state index in [1.165, 1.54) is 36.4 Å². The average Bonchev–Trinajstić information content (AvgIpc) is 2.97. The Labute approximate surface area is 266 Å². The van der Waals surface area contributed by atoms with Gasteiger partial charge < -0.3 is 24.3 Å². The highest BCUT2D eigenvalue weighted by molar-refractivity contribution is 14.1. The van der Waals surface area contributed by atoms with Crippen LogP contribution >= 0.6 is 22.6 Å². The van der Waals surface area contributed by atoms with Crippen LogP contribution in [0.5, 0.6) is 23.0 Å². The number of nitrogens with one attached hydrogen (secondary N) is 2. The SMILES string of the molecule is CCOc1ccc(OCC)c(N2C(=O)NC(=O)/C(=C\c3cc(I)c(OCC(=O)Nc4ccc(F)cc4)c(OCC)c3)C2=O)c1. The number of carbonyl (C=O) groups excluding carboxylic acids is 4. The van der Waals surface area contributed by atoms with Crippen LogP contribution in [0.3, 0.4) is 0 Å². The van der Waals surface area contributed by atoms with Gasteiger partial charge in [-0.25, -0.2) is 14.1 Å². The van der Waals surface area contributed by atoms with Crippen molar-refractivity contribution in [3.8, 4) is 23.0 Å². The molecule has 1 aliphatic rings. The molecule has 0 aromatic heterocycles. The van der Waals surface area contributed by atoms with Crippen LogP contribution in [0, 0.1) is 9.39 Å². The van der Waals surface area contributed by atoms with E-state index in [0.29, 0.717) is 27.2 Å². The molecule has 1 aliphatic heterocycles. The molecule has 11 nitrogen and oxygen atoms in total. The highest BCUT2D eigenvalue weighted by Crippen LogP contribution is 2.37. The molecule has 0 unspecified atom stereocenters. The fraction of sp³-hybridized carbons (Fsp3) is 0.226. The zero-order chi connectivity index (χ0) is 31.8. The lowest BCUT2D eigenvalue weighted by Crippen LogP contribution is -2.54. The first kappa shape index (κ1) is 32.3. The van der Waals surface area contributed by atoms with Crippen molar-refractivity contribution in [2.24, 2.45) is 0 Å². The molecular weight excluding hydrogens is 688 g/mol. The minimum atomic E-state index is -0.931. The minimum absolute atomic E-state index is 0.117. The van der Waals surface area contributed by atoms with Crippen LogP contribution in [0.25, 0.3) is 6.08 Å². The van der Waals surface area contributed by atoms with Crippen molar-refractivity contribution in [2.75, 3.05) is 36.6 Å². The molecule has 1 heterocycles. The van der Waals surface area contributed by atoms with E-state index in [9.17, 15) is 23.6 Å². The summed E-state index contributed by atoms with van der Waals surface area (Å²) in [6, 6.07) is 12.3. The van der Waals surface area contributed by atoms with Gasteiger partial charge in [0.05, 0.1) is 29.1 Å². The summed E-state index contributed by atoms with van der Waals surface area (Å²) in [5.41, 5.74) is 0.620. The van der Waals surface area contributed by atoms with E-state index in [1.54, 1.807) is 45.0 Å². The molecule has 2 N–H and O–H groups in total. The first-order chi connectivity index (χ1) is 21.1. The number of urea groups is 1. The number of imide groups is 2. The second kappa shape index (κ2) is 14.7. The Morgan fingerprint density at radius 2 is 1.59 bits per heavy atom. The van der Waals surface area contributed by atoms with Crippen molar-refractivity contribution in [2.45, 2.75) is 20.8 Å². The largest absolute Gasteiger partial charge is 0.494 e. The molecule has 5 amide bonds. The summed E-state index contributed by atoms with van der Waals surface area (Å²) >= 11 is 1.98. The van der Waals surface area contributed by atoms with Gasteiger partial charge in [0.25, 0.3) is 17.7 Å². The van der Waals surface area contributed by atoms with E-state index in [1.807, 2.05) is 22.6 Å². The summed E-state index contributed by atoms with van der Waals surface area (Å²) in [7, 11) is 0. The van der Waals surface area contributed by atoms with Crippen molar-refractivity contribution < 1.29 is 42.5 Å². The van der Waals surface area contributed by atoms with Gasteiger partial charge in [0.2, 0.25) is 0 Å². The molecule has 44 heavy (non-hydrogen) atoms. The minimum Gasteiger partial charge on any atom is -0.494 e. The summed E-state index contributed by atoms with van der Waals surface area (Å²) in [6.45, 7) is 5.84. The van der Waals surface area contributed by atoms with Crippen LogP contribution in [0.4, 0.5) is 20.6 Å². The summed E-state index contributed by atoms with van der Waals surface area (Å²) in [6.07, 6.45) is 1.33. The van der Waals surface area contributed by atoms with Crippen LogP contribution in [-0.4, -0.2) is 50.2 Å². The third-order valence-corrected chi connectivity index (χ3v) is 6.80. The predicted octanol–water partition coefficient (Wildman–Crippen LogP) is 5.31. The maximum absolute atomic E-state index is 13.6. The topological polar surface area (TPSA) is 133 Å². The molecule has 4 rings (SSSR count). The monoisotopic (exact) mass is 717 g/mol. The quantitative estimate of drug-likeness (QED) is 0.147. The normalized spacial score (nSPS) is 13.9. The van der Waals surface area contributed by atoms with Crippen molar-refractivity contribution in [3.63, 3.8) is 0 Å². The number of halogens is 2. The van der Waals surface area contributed by atoms with Gasteiger partial charge >= 0.3 is 6.03 Å². The van der Waals surface area contributed by atoms with Gasteiger partial charge in [-0.1, -0.05) is 0 Å². The van der Waals surface area contributed by atoms with Crippen LogP contribution in [0.2, 0.25) is 0 Å². The Bertz CT molecular complexity index is 1610. The molecular formula is C31H29FIN3O8. The Morgan fingerprint density at radius 3 is 2.27 bits per heavy atom. The maximum atomic E-state index is 13.6. The number of barbiturate groups is 1. The second-order valence-corrected chi connectivity index (χ2v) is 10.2. The molecule has 13 heteroatoms. The van der Waals surface area contributed by atoms with Gasteiger partial charge in [-0.2, -0.15) is 0 Å². The number of nitrogens with zero attached hydrogens (tertiary/aromatic N) is 1. The zero-order valence-corrected chi connectivity index (χ0v) is 26.2.